The molecule has 0 atom stereocenters. The predicted octanol–water partition coefficient (Wildman–Crippen LogP) is 3.10. The molecule has 0 unspecified atom stereocenters. The summed E-state index contributed by atoms with van der Waals surface area (Å²) in [7, 11) is 0. The van der Waals surface area contributed by atoms with E-state index in [2.05, 4.69) is 15.9 Å². The number of thiophene rings is 1. The van der Waals surface area contributed by atoms with Crippen molar-refractivity contribution < 1.29 is 19.1 Å². The van der Waals surface area contributed by atoms with E-state index in [1.54, 1.807) is 13.8 Å². The second-order valence-electron chi connectivity index (χ2n) is 3.06. The van der Waals surface area contributed by atoms with Crippen molar-refractivity contribution in [1.29, 1.82) is 0 Å². The molecule has 1 aromatic rings. The number of rotatable bonds is 6. The first kappa shape index (κ1) is 15.5. The molecule has 1 heterocycles. The van der Waals surface area contributed by atoms with Crippen LogP contribution in [0, 0.1) is 0 Å². The largest absolute Gasteiger partial charge is 0.465 e. The molecule has 0 N–H and O–H groups in total. The number of hydrogen-bond acceptors (Lipinski definition) is 6. The molecule has 0 aliphatic carbocycles. The van der Waals surface area contributed by atoms with Gasteiger partial charge in [-0.05, 0) is 41.2 Å². The Morgan fingerprint density at radius 2 is 1.89 bits per heavy atom. The predicted molar refractivity (Wildman–Crippen MR) is 74.9 cm³/mol. The molecule has 0 aliphatic heterocycles. The van der Waals surface area contributed by atoms with Crippen LogP contribution >= 0.6 is 39.0 Å². The molecule has 0 saturated carbocycles. The molecule has 0 aliphatic rings. The van der Waals surface area contributed by atoms with Crippen LogP contribution in [0.5, 0.6) is 0 Å². The third-order valence-electron chi connectivity index (χ3n) is 1.81. The Morgan fingerprint density at radius 1 is 1.33 bits per heavy atom. The fourth-order valence-electron chi connectivity index (χ4n) is 1.10. The fraction of sp³-hybridized carbons (Fsp3) is 0.455. The summed E-state index contributed by atoms with van der Waals surface area (Å²) < 4.78 is 11.5. The van der Waals surface area contributed by atoms with Gasteiger partial charge in [-0.3, -0.25) is 9.59 Å². The Bertz CT molecular complexity index is 401. The number of halogens is 1. The van der Waals surface area contributed by atoms with E-state index in [4.69, 9.17) is 9.47 Å². The zero-order valence-corrected chi connectivity index (χ0v) is 13.2. The van der Waals surface area contributed by atoms with Crippen molar-refractivity contribution in [2.45, 2.75) is 23.3 Å². The maximum absolute atomic E-state index is 11.7. The van der Waals surface area contributed by atoms with Gasteiger partial charge in [0.1, 0.15) is 0 Å². The SMILES string of the molecule is CCOC(=O)C(Sc1sccc1Br)C(=O)OCC. The van der Waals surface area contributed by atoms with E-state index in [0.717, 1.165) is 20.4 Å². The highest BCUT2D eigenvalue weighted by molar-refractivity contribution is 9.10. The number of carbonyl (C=O) groups excluding carboxylic acids is 2. The lowest BCUT2D eigenvalue weighted by Gasteiger charge is -2.13. The third-order valence-corrected chi connectivity index (χ3v) is 5.33. The first-order chi connectivity index (χ1) is 8.60. The lowest BCUT2D eigenvalue weighted by atomic mass is 10.4. The Labute approximate surface area is 122 Å². The van der Waals surface area contributed by atoms with Gasteiger partial charge in [0.25, 0.3) is 0 Å². The van der Waals surface area contributed by atoms with Gasteiger partial charge < -0.3 is 9.47 Å². The Hall–Kier alpha value is -0.530. The molecule has 0 bridgehead atoms. The number of hydrogen-bond donors (Lipinski definition) is 0. The molecule has 1 rings (SSSR count). The van der Waals surface area contributed by atoms with Crippen molar-refractivity contribution >= 4 is 51.0 Å². The molecule has 0 aromatic carbocycles. The van der Waals surface area contributed by atoms with Gasteiger partial charge in [-0.1, -0.05) is 11.8 Å². The topological polar surface area (TPSA) is 52.6 Å². The van der Waals surface area contributed by atoms with Crippen molar-refractivity contribution in [3.05, 3.63) is 15.9 Å². The highest BCUT2D eigenvalue weighted by Crippen LogP contribution is 2.36. The molecule has 0 spiro atoms. The molecule has 100 valence electrons. The van der Waals surface area contributed by atoms with Gasteiger partial charge in [-0.15, -0.1) is 11.3 Å². The molecule has 18 heavy (non-hydrogen) atoms. The summed E-state index contributed by atoms with van der Waals surface area (Å²) >= 11 is 5.95. The first-order valence-corrected chi connectivity index (χ1v) is 7.88. The van der Waals surface area contributed by atoms with E-state index in [0.29, 0.717) is 0 Å². The van der Waals surface area contributed by atoms with E-state index >= 15 is 0 Å². The van der Waals surface area contributed by atoms with Crippen molar-refractivity contribution in [2.75, 3.05) is 13.2 Å². The summed E-state index contributed by atoms with van der Waals surface area (Å²) in [6, 6.07) is 1.86. The van der Waals surface area contributed by atoms with Gasteiger partial charge in [-0.2, -0.15) is 0 Å². The Morgan fingerprint density at radius 3 is 2.28 bits per heavy atom. The quantitative estimate of drug-likeness (QED) is 0.447. The van der Waals surface area contributed by atoms with Gasteiger partial charge in [0.2, 0.25) is 5.25 Å². The van der Waals surface area contributed by atoms with Gasteiger partial charge in [0, 0.05) is 4.47 Å². The molecule has 0 fully saturated rings. The minimum atomic E-state index is -0.972. The highest BCUT2D eigenvalue weighted by atomic mass is 79.9. The Balaban J connectivity index is 2.80. The smallest absolute Gasteiger partial charge is 0.331 e. The van der Waals surface area contributed by atoms with Gasteiger partial charge in [-0.25, -0.2) is 0 Å². The zero-order chi connectivity index (χ0) is 13.5. The van der Waals surface area contributed by atoms with E-state index < -0.39 is 17.2 Å². The average molecular weight is 353 g/mol. The van der Waals surface area contributed by atoms with Crippen LogP contribution in [0.4, 0.5) is 0 Å². The van der Waals surface area contributed by atoms with Crippen LogP contribution in [0.1, 0.15) is 13.8 Å². The second kappa shape index (κ2) is 7.81. The average Bonchev–Trinajstić information content (AvgIpc) is 2.72. The highest BCUT2D eigenvalue weighted by Gasteiger charge is 2.31. The minimum absolute atomic E-state index is 0.237. The van der Waals surface area contributed by atoms with E-state index in [1.807, 2.05) is 11.4 Å². The normalized spacial score (nSPS) is 10.4. The minimum Gasteiger partial charge on any atom is -0.465 e. The molecular formula is C11H13BrO4S2. The fourth-order valence-corrected chi connectivity index (χ4v) is 3.88. The van der Waals surface area contributed by atoms with Gasteiger partial charge >= 0.3 is 11.9 Å². The summed E-state index contributed by atoms with van der Waals surface area (Å²) in [4.78, 5) is 23.5. The summed E-state index contributed by atoms with van der Waals surface area (Å²) in [5.74, 6) is -1.14. The summed E-state index contributed by atoms with van der Waals surface area (Å²) in [6.45, 7) is 3.87. The third kappa shape index (κ3) is 4.29. The number of ether oxygens (including phenoxy) is 2. The van der Waals surface area contributed by atoms with E-state index in [-0.39, 0.29) is 13.2 Å². The monoisotopic (exact) mass is 352 g/mol. The molecule has 0 amide bonds. The zero-order valence-electron chi connectivity index (χ0n) is 9.97. The molecule has 0 radical (unpaired) electrons. The van der Waals surface area contributed by atoms with Crippen molar-refractivity contribution in [1.82, 2.24) is 0 Å². The van der Waals surface area contributed by atoms with E-state index in [1.165, 1.54) is 11.3 Å². The number of esters is 2. The van der Waals surface area contributed by atoms with Crippen LogP contribution in [-0.4, -0.2) is 30.4 Å². The maximum atomic E-state index is 11.7. The maximum Gasteiger partial charge on any atom is 0.331 e. The van der Waals surface area contributed by atoms with E-state index in [9.17, 15) is 9.59 Å². The van der Waals surface area contributed by atoms with Crippen molar-refractivity contribution in [2.24, 2.45) is 0 Å². The molecule has 1 aromatic heterocycles. The van der Waals surface area contributed by atoms with Crippen LogP contribution in [-0.2, 0) is 19.1 Å². The summed E-state index contributed by atoms with van der Waals surface area (Å²) in [5.41, 5.74) is 0. The first-order valence-electron chi connectivity index (χ1n) is 5.33. The summed E-state index contributed by atoms with van der Waals surface area (Å²) in [6.07, 6.45) is 0. The molecule has 4 nitrogen and oxygen atoms in total. The second-order valence-corrected chi connectivity index (χ2v) is 6.20. The lowest BCUT2D eigenvalue weighted by molar-refractivity contribution is -0.152. The van der Waals surface area contributed by atoms with Crippen molar-refractivity contribution in [3.63, 3.8) is 0 Å². The molecular weight excluding hydrogens is 340 g/mol. The standard InChI is InChI=1S/C11H13BrO4S2/c1-3-15-9(13)8(10(14)16-4-2)18-11-7(12)5-6-17-11/h5-6,8H,3-4H2,1-2H3. The molecule has 7 heteroatoms. The van der Waals surface area contributed by atoms with Gasteiger partial charge in [0.15, 0.2) is 0 Å². The van der Waals surface area contributed by atoms with Crippen LogP contribution in [0.3, 0.4) is 0 Å². The summed E-state index contributed by atoms with van der Waals surface area (Å²) in [5, 5.41) is 0.902. The number of thioether (sulfide) groups is 1. The van der Waals surface area contributed by atoms with Crippen molar-refractivity contribution in [3.8, 4) is 0 Å². The van der Waals surface area contributed by atoms with Crippen LogP contribution in [0.15, 0.2) is 20.1 Å². The number of carbonyl (C=O) groups is 2. The van der Waals surface area contributed by atoms with Crippen LogP contribution in [0.2, 0.25) is 0 Å². The van der Waals surface area contributed by atoms with Gasteiger partial charge in [0.05, 0.1) is 17.4 Å². The lowest BCUT2D eigenvalue weighted by Crippen LogP contribution is -2.30. The molecule has 0 saturated heterocycles. The van der Waals surface area contributed by atoms with Crippen LogP contribution < -0.4 is 0 Å². The van der Waals surface area contributed by atoms with Crippen LogP contribution in [0.25, 0.3) is 0 Å². The Kier molecular flexibility index (Phi) is 6.73.